The van der Waals surface area contributed by atoms with Gasteiger partial charge in [0.15, 0.2) is 0 Å². The molecule has 4 aliphatic heterocycles. The third kappa shape index (κ3) is 3.43. The molecule has 4 saturated heterocycles. The molecule has 0 aromatic rings. The summed E-state index contributed by atoms with van der Waals surface area (Å²) in [7, 11) is -19.3. The van der Waals surface area contributed by atoms with Crippen LogP contribution < -0.4 is 0 Å². The normalized spacial score (nSPS) is 52.4. The monoisotopic (exact) mass is 425 g/mol. The second-order valence-corrected chi connectivity index (χ2v) is 19.9. The average molecular weight is 426 g/mol. The molecule has 0 spiro atoms. The van der Waals surface area contributed by atoms with E-state index in [4.69, 9.17) is 45.3 Å². The highest BCUT2D eigenvalue weighted by Gasteiger charge is 2.49. The zero-order chi connectivity index (χ0) is 13.5. The molecule has 0 saturated carbocycles. The molecule has 20 heteroatoms. The zero-order valence-corrected chi connectivity index (χ0v) is 18.8. The number of fused-ring (bicyclic) bond motifs is 4. The molecule has 1 radical (unpaired) electrons. The van der Waals surface area contributed by atoms with Gasteiger partial charge in [0.25, 0.3) is 0 Å². The summed E-state index contributed by atoms with van der Waals surface area (Å²) in [5, 5.41) is 0. The van der Waals surface area contributed by atoms with Crippen LogP contribution in [-0.4, -0.2) is 81.5 Å². The van der Waals surface area contributed by atoms with E-state index < -0.39 is 76.7 Å². The Bertz CT molecular complexity index is 313. The first-order valence-corrected chi connectivity index (χ1v) is 16.3. The summed E-state index contributed by atoms with van der Waals surface area (Å²) in [6.07, 6.45) is 0. The van der Waals surface area contributed by atoms with Gasteiger partial charge in [-0.3, -0.25) is 0 Å². The summed E-state index contributed by atoms with van der Waals surface area (Å²) in [6, 6.07) is 0. The molecular weight excluding hydrogens is 417 g/mol. The maximum absolute atomic E-state index is 9.76. The lowest BCUT2D eigenvalue weighted by Crippen LogP contribution is -2.63. The molecule has 6 bridgehead atoms. The third-order valence-corrected chi connectivity index (χ3v) is 21.1. The Morgan fingerprint density at radius 2 is 0.850 bits per heavy atom. The molecule has 0 amide bonds. The smallest absolute Gasteiger partial charge is 0.398 e. The van der Waals surface area contributed by atoms with E-state index in [1.165, 1.54) is 0 Å². The van der Waals surface area contributed by atoms with E-state index >= 15 is 0 Å². The Hall–Kier alpha value is 1.26. The van der Waals surface area contributed by atoms with Crippen molar-refractivity contribution in [2.24, 2.45) is 0 Å². The van der Waals surface area contributed by atoms with Gasteiger partial charge in [-0.05, 0) is 0 Å². The van der Waals surface area contributed by atoms with Gasteiger partial charge < -0.3 is 50.1 Å². The number of rotatable bonds is 0. The van der Waals surface area contributed by atoms with E-state index in [1.807, 2.05) is 0 Å². The van der Waals surface area contributed by atoms with Crippen molar-refractivity contribution in [1.82, 2.24) is 0 Å². The van der Waals surface area contributed by atoms with Gasteiger partial charge in [0.1, 0.15) is 0 Å². The van der Waals surface area contributed by atoms with Gasteiger partial charge in [-0.25, -0.2) is 0 Å². The minimum atomic E-state index is -2.96. The lowest BCUT2D eigenvalue weighted by molar-refractivity contribution is 0.0712. The summed E-state index contributed by atoms with van der Waals surface area (Å²) in [5.41, 5.74) is 0. The molecule has 20 heavy (non-hydrogen) atoms. The van der Waals surface area contributed by atoms with Crippen molar-refractivity contribution in [1.29, 1.82) is 0 Å². The molecule has 4 atom stereocenters. The van der Waals surface area contributed by atoms with Crippen molar-refractivity contribution < 1.29 is 50.1 Å². The molecule has 0 aromatic heterocycles. The molecule has 4 aliphatic rings. The number of hydrogen-bond acceptors (Lipinski definition) is 12. The predicted octanol–water partition coefficient (Wildman–Crippen LogP) is -6.50. The van der Waals surface area contributed by atoms with Crippen molar-refractivity contribution in [2.75, 3.05) is 0 Å². The molecule has 113 valence electrons. The molecule has 4 fully saturated rings. The molecule has 0 aliphatic carbocycles. The quantitative estimate of drug-likeness (QED) is 0.371. The first kappa shape index (κ1) is 14.8. The first-order chi connectivity index (χ1) is 9.74. The van der Waals surface area contributed by atoms with Gasteiger partial charge in [0.2, 0.25) is 0 Å². The fraction of sp³-hybridized carbons (Fsp3) is 0. The van der Waals surface area contributed by atoms with Gasteiger partial charge in [-0.1, -0.05) is 0 Å². The fourth-order valence-electron chi connectivity index (χ4n) is 1.56. The highest BCUT2D eigenvalue weighted by atomic mass is 28.6. The molecule has 12 nitrogen and oxygen atoms in total. The highest BCUT2D eigenvalue weighted by Crippen LogP contribution is 2.20. The molecule has 4 unspecified atom stereocenters. The number of hydrogen-bond donors (Lipinski definition) is 1. The van der Waals surface area contributed by atoms with Crippen LogP contribution in [0.3, 0.4) is 0 Å². The van der Waals surface area contributed by atoms with Crippen molar-refractivity contribution in [3.05, 3.63) is 0 Å². The minimum Gasteiger partial charge on any atom is -0.398 e. The summed E-state index contributed by atoms with van der Waals surface area (Å²) >= 11 is 0. The second kappa shape index (κ2) is 6.40. The topological polar surface area (TPSA) is 122 Å². The van der Waals surface area contributed by atoms with Crippen LogP contribution in [0.25, 0.3) is 0 Å². The van der Waals surface area contributed by atoms with Crippen LogP contribution in [0.2, 0.25) is 0 Å². The van der Waals surface area contributed by atoms with Crippen molar-refractivity contribution in [3.63, 3.8) is 0 Å². The van der Waals surface area contributed by atoms with Gasteiger partial charge in [-0.15, -0.1) is 0 Å². The first-order valence-electron chi connectivity index (χ1n) is 5.44. The maximum atomic E-state index is 9.76. The zero-order valence-electron chi connectivity index (χ0n) is 9.56. The Morgan fingerprint density at radius 3 is 1.30 bits per heavy atom. The van der Waals surface area contributed by atoms with Crippen LogP contribution in [0.5, 0.6) is 0 Å². The van der Waals surface area contributed by atoms with Crippen LogP contribution >= 0.6 is 0 Å². The molecule has 0 aromatic carbocycles. The minimum absolute atomic E-state index is 0.834. The van der Waals surface area contributed by atoms with Gasteiger partial charge in [-0.2, -0.15) is 0 Å². The Labute approximate surface area is 127 Å². The van der Waals surface area contributed by atoms with Crippen LogP contribution in [0, 0.1) is 0 Å². The summed E-state index contributed by atoms with van der Waals surface area (Å²) in [6.45, 7) is 0. The van der Waals surface area contributed by atoms with Crippen LogP contribution in [0.15, 0.2) is 0 Å². The third-order valence-electron chi connectivity index (χ3n) is 2.34. The van der Waals surface area contributed by atoms with Crippen molar-refractivity contribution in [3.8, 4) is 0 Å². The summed E-state index contributed by atoms with van der Waals surface area (Å²) in [5.74, 6) is 0. The average Bonchev–Trinajstić information content (AvgIpc) is 2.26. The standard InChI is InChI=1S/H9O12Si8/c1-14-4-17-6-15-2-13-3-16-7-18(5-14)11-20(10-17)12-19(8-15)9-16/h1,13-20H. The van der Waals surface area contributed by atoms with E-state index in [1.54, 1.807) is 0 Å². The summed E-state index contributed by atoms with van der Waals surface area (Å²) in [4.78, 5) is 9.76. The highest BCUT2D eigenvalue weighted by molar-refractivity contribution is 6.78. The lowest BCUT2D eigenvalue weighted by atomic mass is 15.5. The van der Waals surface area contributed by atoms with E-state index in [2.05, 4.69) is 0 Å². The van der Waals surface area contributed by atoms with E-state index in [-0.39, 0.29) is 0 Å². The van der Waals surface area contributed by atoms with Gasteiger partial charge >= 0.3 is 76.7 Å². The molecule has 1 N–H and O–H groups in total. The van der Waals surface area contributed by atoms with E-state index in [9.17, 15) is 4.80 Å². The van der Waals surface area contributed by atoms with Crippen LogP contribution in [0.1, 0.15) is 0 Å². The van der Waals surface area contributed by atoms with E-state index in [0.717, 1.165) is 0 Å². The predicted molar refractivity (Wildman–Crippen MR) is 71.3 cm³/mol. The van der Waals surface area contributed by atoms with E-state index in [0.29, 0.717) is 0 Å². The Balaban J connectivity index is 1.65. The fourth-order valence-corrected chi connectivity index (χ4v) is 25.6. The maximum Gasteiger partial charge on any atom is 0.466 e. The largest absolute Gasteiger partial charge is 0.466 e. The van der Waals surface area contributed by atoms with Gasteiger partial charge in [0.05, 0.1) is 0 Å². The van der Waals surface area contributed by atoms with Gasteiger partial charge in [0, 0.05) is 0 Å². The summed E-state index contributed by atoms with van der Waals surface area (Å²) < 4.78 is 60.7. The van der Waals surface area contributed by atoms with Crippen LogP contribution in [0.4, 0.5) is 0 Å². The van der Waals surface area contributed by atoms with Crippen molar-refractivity contribution in [2.45, 2.75) is 0 Å². The Kier molecular flexibility index (Phi) is 4.74. The second-order valence-electron chi connectivity index (χ2n) is 3.63. The molecule has 4 heterocycles. The van der Waals surface area contributed by atoms with Crippen LogP contribution in [-0.2, 0) is 45.3 Å². The SMILES string of the molecule is O[SiH]1O[SiH]2O[SiH]3O[SiH]O[SiH]4O[SiH](O1)O[SiH](O2)O[SiH](O3)O4. The molecule has 4 rings (SSSR count). The lowest BCUT2D eigenvalue weighted by Gasteiger charge is -2.40. The Morgan fingerprint density at radius 1 is 0.500 bits per heavy atom. The van der Waals surface area contributed by atoms with Crippen molar-refractivity contribution >= 4 is 76.7 Å². The molecular formula is H9O12Si8.